The van der Waals surface area contributed by atoms with E-state index in [-0.39, 0.29) is 6.04 Å². The van der Waals surface area contributed by atoms with Gasteiger partial charge in [-0.15, -0.1) is 0 Å². The van der Waals surface area contributed by atoms with Gasteiger partial charge in [0.25, 0.3) is 0 Å². The highest BCUT2D eigenvalue weighted by Crippen LogP contribution is 2.30. The molecule has 0 amide bonds. The molecule has 1 aliphatic carbocycles. The molecule has 2 aliphatic rings. The van der Waals surface area contributed by atoms with Crippen molar-refractivity contribution in [1.82, 2.24) is 14.5 Å². The van der Waals surface area contributed by atoms with E-state index >= 15 is 0 Å². The lowest BCUT2D eigenvalue weighted by Gasteiger charge is -2.21. The van der Waals surface area contributed by atoms with Crippen LogP contribution in [0.5, 0.6) is 0 Å². The van der Waals surface area contributed by atoms with Gasteiger partial charge in [0.15, 0.2) is 11.6 Å². The van der Waals surface area contributed by atoms with Gasteiger partial charge in [-0.25, -0.2) is 13.8 Å². The van der Waals surface area contributed by atoms with Crippen molar-refractivity contribution in [3.05, 3.63) is 96.1 Å². The molecule has 0 spiro atoms. The van der Waals surface area contributed by atoms with Gasteiger partial charge in [-0.05, 0) is 48.5 Å². The fourth-order valence-corrected chi connectivity index (χ4v) is 4.25. The SMILES string of the molecule is COCC(COC)N=c1cc2n(-c3ccc(F)c(F)c3)c3ccccc3nc-2cc1Nc1cccnc1. The van der Waals surface area contributed by atoms with Crippen molar-refractivity contribution in [3.63, 3.8) is 0 Å². The van der Waals surface area contributed by atoms with E-state index in [0.29, 0.717) is 46.9 Å². The van der Waals surface area contributed by atoms with Crippen LogP contribution in [-0.2, 0) is 9.47 Å². The standard InChI is InChI=1S/C28H25F2N5O2/c1-36-16-19(17-37-2)33-25-14-28-26(13-24(25)32-18-6-5-11-31-15-18)34-23-7-3-4-8-27(23)35(28)20-9-10-21(29)22(30)12-20/h3-15,19,32H,16-17H2,1-2H3. The van der Waals surface area contributed by atoms with E-state index in [1.165, 1.54) is 6.07 Å². The molecular formula is C28H25F2N5O2. The van der Waals surface area contributed by atoms with Gasteiger partial charge >= 0.3 is 0 Å². The fourth-order valence-electron chi connectivity index (χ4n) is 4.25. The molecule has 0 fully saturated rings. The lowest BCUT2D eigenvalue weighted by molar-refractivity contribution is 0.118. The number of ether oxygens (including phenoxy) is 2. The number of halogens is 2. The Bertz CT molecular complexity index is 1570. The molecule has 7 nitrogen and oxygen atoms in total. The van der Waals surface area contributed by atoms with Gasteiger partial charge in [-0.2, -0.15) is 0 Å². The molecule has 1 aliphatic heterocycles. The second kappa shape index (κ2) is 10.8. The maximum Gasteiger partial charge on any atom is 0.160 e. The molecule has 0 unspecified atom stereocenters. The van der Waals surface area contributed by atoms with E-state index < -0.39 is 11.6 Å². The fraction of sp³-hybridized carbons (Fsp3) is 0.179. The summed E-state index contributed by atoms with van der Waals surface area (Å²) in [5.41, 5.74) is 4.71. The number of fused-ring (bicyclic) bond motifs is 2. The number of benzene rings is 3. The topological polar surface area (TPSA) is 73.6 Å². The second-order valence-corrected chi connectivity index (χ2v) is 8.45. The smallest absolute Gasteiger partial charge is 0.160 e. The molecule has 0 radical (unpaired) electrons. The Hall–Kier alpha value is -4.21. The van der Waals surface area contributed by atoms with Crippen LogP contribution >= 0.6 is 0 Å². The largest absolute Gasteiger partial charge is 0.382 e. The highest BCUT2D eigenvalue weighted by atomic mass is 19.2. The Labute approximate surface area is 212 Å². The Morgan fingerprint density at radius 3 is 2.49 bits per heavy atom. The van der Waals surface area contributed by atoms with Crippen LogP contribution in [0.1, 0.15) is 0 Å². The third-order valence-electron chi connectivity index (χ3n) is 5.84. The lowest BCUT2D eigenvalue weighted by atomic mass is 10.1. The number of nitrogens with one attached hydrogen (secondary N) is 1. The Balaban J connectivity index is 1.82. The van der Waals surface area contributed by atoms with E-state index in [2.05, 4.69) is 10.3 Å². The Morgan fingerprint density at radius 1 is 0.946 bits per heavy atom. The average molecular weight is 502 g/mol. The number of aromatic nitrogens is 3. The summed E-state index contributed by atoms with van der Waals surface area (Å²) in [7, 11) is 3.22. The molecule has 3 aromatic rings. The van der Waals surface area contributed by atoms with Crippen molar-refractivity contribution in [2.45, 2.75) is 6.04 Å². The summed E-state index contributed by atoms with van der Waals surface area (Å²) in [6.07, 6.45) is 3.41. The molecule has 9 heteroatoms. The first-order valence-electron chi connectivity index (χ1n) is 11.7. The number of anilines is 2. The molecule has 2 heterocycles. The monoisotopic (exact) mass is 501 g/mol. The number of pyridine rings is 1. The van der Waals surface area contributed by atoms with Crippen LogP contribution in [0.25, 0.3) is 28.1 Å². The van der Waals surface area contributed by atoms with E-state index in [9.17, 15) is 8.78 Å². The average Bonchev–Trinajstić information content (AvgIpc) is 2.90. The Morgan fingerprint density at radius 2 is 1.76 bits per heavy atom. The molecule has 0 atom stereocenters. The van der Waals surface area contributed by atoms with Crippen LogP contribution in [0, 0.1) is 11.6 Å². The van der Waals surface area contributed by atoms with Gasteiger partial charge < -0.3 is 19.4 Å². The van der Waals surface area contributed by atoms with Gasteiger partial charge in [0.2, 0.25) is 0 Å². The van der Waals surface area contributed by atoms with Crippen molar-refractivity contribution in [2.24, 2.45) is 4.99 Å². The molecular weight excluding hydrogens is 476 g/mol. The minimum atomic E-state index is -0.931. The molecule has 2 aromatic carbocycles. The van der Waals surface area contributed by atoms with E-state index in [1.807, 2.05) is 53.1 Å². The summed E-state index contributed by atoms with van der Waals surface area (Å²) in [5, 5.41) is 4.01. The Kier molecular flexibility index (Phi) is 7.16. The van der Waals surface area contributed by atoms with Crippen molar-refractivity contribution in [3.8, 4) is 17.1 Å². The minimum Gasteiger partial charge on any atom is -0.382 e. The molecule has 0 bridgehead atoms. The minimum absolute atomic E-state index is 0.271. The first-order valence-corrected chi connectivity index (χ1v) is 11.7. The zero-order chi connectivity index (χ0) is 25.8. The van der Waals surface area contributed by atoms with Crippen LogP contribution in [0.15, 0.2) is 84.1 Å². The highest BCUT2D eigenvalue weighted by Gasteiger charge is 2.18. The molecule has 1 aromatic heterocycles. The maximum absolute atomic E-state index is 14.3. The van der Waals surface area contributed by atoms with E-state index in [4.69, 9.17) is 19.5 Å². The van der Waals surface area contributed by atoms with Crippen molar-refractivity contribution in [2.75, 3.05) is 32.8 Å². The number of rotatable bonds is 8. The normalized spacial score (nSPS) is 12.1. The summed E-state index contributed by atoms with van der Waals surface area (Å²) in [6.45, 7) is 0.717. The third-order valence-corrected chi connectivity index (χ3v) is 5.84. The number of para-hydroxylation sites is 2. The number of methoxy groups -OCH3 is 2. The summed E-state index contributed by atoms with van der Waals surface area (Å²) in [6, 6.07) is 18.6. The predicted molar refractivity (Wildman–Crippen MR) is 138 cm³/mol. The molecule has 0 saturated heterocycles. The lowest BCUT2D eigenvalue weighted by Crippen LogP contribution is -2.24. The first-order chi connectivity index (χ1) is 18.1. The highest BCUT2D eigenvalue weighted by molar-refractivity contribution is 5.84. The second-order valence-electron chi connectivity index (χ2n) is 8.45. The quantitative estimate of drug-likeness (QED) is 0.299. The van der Waals surface area contributed by atoms with Gasteiger partial charge in [0.1, 0.15) is 0 Å². The zero-order valence-corrected chi connectivity index (χ0v) is 20.4. The van der Waals surface area contributed by atoms with Crippen LogP contribution in [-0.4, -0.2) is 48.0 Å². The first kappa shape index (κ1) is 24.5. The van der Waals surface area contributed by atoms with Gasteiger partial charge in [0, 0.05) is 32.2 Å². The van der Waals surface area contributed by atoms with Gasteiger partial charge in [-0.3, -0.25) is 9.98 Å². The van der Waals surface area contributed by atoms with Crippen LogP contribution in [0.4, 0.5) is 20.2 Å². The van der Waals surface area contributed by atoms with Crippen molar-refractivity contribution in [1.29, 1.82) is 0 Å². The molecule has 5 rings (SSSR count). The summed E-state index contributed by atoms with van der Waals surface area (Å²) in [5.74, 6) is -1.84. The predicted octanol–water partition coefficient (Wildman–Crippen LogP) is 5.11. The van der Waals surface area contributed by atoms with Crippen LogP contribution < -0.4 is 10.7 Å². The zero-order valence-electron chi connectivity index (χ0n) is 20.4. The van der Waals surface area contributed by atoms with Crippen LogP contribution in [0.3, 0.4) is 0 Å². The molecule has 1 N–H and O–H groups in total. The van der Waals surface area contributed by atoms with E-state index in [1.54, 1.807) is 32.7 Å². The summed E-state index contributed by atoms with van der Waals surface area (Å²) in [4.78, 5) is 14.0. The summed E-state index contributed by atoms with van der Waals surface area (Å²) < 4.78 is 40.7. The van der Waals surface area contributed by atoms with E-state index in [0.717, 1.165) is 17.3 Å². The molecule has 0 saturated carbocycles. The summed E-state index contributed by atoms with van der Waals surface area (Å²) >= 11 is 0. The van der Waals surface area contributed by atoms with Gasteiger partial charge in [0.05, 0.1) is 64.6 Å². The van der Waals surface area contributed by atoms with Crippen LogP contribution in [0.2, 0.25) is 0 Å². The molecule has 37 heavy (non-hydrogen) atoms. The molecule has 188 valence electrons. The number of hydrogen-bond acceptors (Lipinski definition) is 6. The van der Waals surface area contributed by atoms with Crippen molar-refractivity contribution >= 4 is 22.4 Å². The number of nitrogens with zero attached hydrogens (tertiary/aromatic N) is 4. The van der Waals surface area contributed by atoms with Crippen molar-refractivity contribution < 1.29 is 18.3 Å². The number of hydrogen-bond donors (Lipinski definition) is 1. The maximum atomic E-state index is 14.3. The van der Waals surface area contributed by atoms with Gasteiger partial charge in [-0.1, -0.05) is 12.1 Å². The third kappa shape index (κ3) is 5.18.